The summed E-state index contributed by atoms with van der Waals surface area (Å²) in [5.74, 6) is -1.32. The molecular weight excluding hydrogens is 469 g/mol. The van der Waals surface area contributed by atoms with Crippen molar-refractivity contribution in [3.05, 3.63) is 83.7 Å². The van der Waals surface area contributed by atoms with Crippen LogP contribution in [0.5, 0.6) is 5.75 Å². The van der Waals surface area contributed by atoms with Gasteiger partial charge in [0.1, 0.15) is 17.4 Å². The highest BCUT2D eigenvalue weighted by Crippen LogP contribution is 2.43. The number of guanidine groups is 1. The van der Waals surface area contributed by atoms with Gasteiger partial charge >= 0.3 is 6.36 Å². The molecule has 0 bridgehead atoms. The van der Waals surface area contributed by atoms with Gasteiger partial charge in [0.25, 0.3) is 0 Å². The Morgan fingerprint density at radius 1 is 0.971 bits per heavy atom. The molecule has 11 heteroatoms. The first-order valence-corrected chi connectivity index (χ1v) is 10.6. The number of aliphatic imine (C=N–C) groups is 2. The van der Waals surface area contributed by atoms with Gasteiger partial charge in [-0.3, -0.25) is 9.89 Å². The molecule has 0 saturated carbocycles. The third-order valence-corrected chi connectivity index (χ3v) is 5.88. The Hall–Kier alpha value is -4.02. The predicted molar refractivity (Wildman–Crippen MR) is 119 cm³/mol. The summed E-state index contributed by atoms with van der Waals surface area (Å²) in [7, 11) is 0. The second-order valence-corrected chi connectivity index (χ2v) is 8.00. The minimum absolute atomic E-state index is 0.0479. The summed E-state index contributed by atoms with van der Waals surface area (Å²) in [5, 5.41) is 0. The highest BCUT2D eigenvalue weighted by molar-refractivity contribution is 6.12. The number of nitrogens with two attached hydrogens (primary N) is 1. The van der Waals surface area contributed by atoms with E-state index in [4.69, 9.17) is 10.7 Å². The van der Waals surface area contributed by atoms with Gasteiger partial charge in [0, 0.05) is 30.4 Å². The Morgan fingerprint density at radius 2 is 1.71 bits per heavy atom. The number of nitrogens with zero attached hydrogens (tertiary/aromatic N) is 4. The predicted octanol–water partition coefficient (Wildman–Crippen LogP) is 4.60. The number of pyridine rings is 1. The smallest absolute Gasteiger partial charge is 0.406 e. The van der Waals surface area contributed by atoms with Gasteiger partial charge in [0.05, 0.1) is 0 Å². The Balaban J connectivity index is 1.71. The minimum atomic E-state index is -4.85. The monoisotopic (exact) mass is 487 g/mol. The van der Waals surface area contributed by atoms with E-state index < -0.39 is 29.4 Å². The molecule has 5 rings (SSSR count). The molecule has 3 aromatic rings. The van der Waals surface area contributed by atoms with Gasteiger partial charge < -0.3 is 10.5 Å². The fraction of sp³-hybridized carbons (Fsp3) is 0.208. The molecule has 0 aliphatic carbocycles. The average molecular weight is 487 g/mol. The van der Waals surface area contributed by atoms with Gasteiger partial charge in [-0.2, -0.15) is 4.39 Å². The molecule has 35 heavy (non-hydrogen) atoms. The minimum Gasteiger partial charge on any atom is -0.406 e. The summed E-state index contributed by atoms with van der Waals surface area (Å²) in [6, 6.07) is 12.1. The average Bonchev–Trinajstić information content (AvgIpc) is 3.13. The van der Waals surface area contributed by atoms with E-state index in [2.05, 4.69) is 14.7 Å². The van der Waals surface area contributed by atoms with Crippen molar-refractivity contribution in [3.63, 3.8) is 0 Å². The van der Waals surface area contributed by atoms with E-state index in [1.165, 1.54) is 48.7 Å². The number of hydrogen-bond acceptors (Lipinski definition) is 6. The lowest BCUT2D eigenvalue weighted by Gasteiger charge is -2.33. The Bertz CT molecular complexity index is 1340. The highest BCUT2D eigenvalue weighted by atomic mass is 19.4. The van der Waals surface area contributed by atoms with Crippen molar-refractivity contribution in [3.8, 4) is 16.9 Å². The Labute approximate surface area is 196 Å². The van der Waals surface area contributed by atoms with Crippen LogP contribution in [0.1, 0.15) is 17.5 Å². The third-order valence-electron chi connectivity index (χ3n) is 5.88. The Kier molecular flexibility index (Phi) is 5.42. The molecule has 2 N–H and O–H groups in total. The van der Waals surface area contributed by atoms with Crippen molar-refractivity contribution >= 4 is 11.8 Å². The lowest BCUT2D eigenvalue weighted by molar-refractivity contribution is -0.274. The molecule has 6 nitrogen and oxygen atoms in total. The van der Waals surface area contributed by atoms with Crippen LogP contribution in [0.3, 0.4) is 0 Å². The van der Waals surface area contributed by atoms with E-state index in [0.717, 1.165) is 18.6 Å². The maximum absolute atomic E-state index is 14.9. The van der Waals surface area contributed by atoms with E-state index in [9.17, 15) is 22.0 Å². The summed E-state index contributed by atoms with van der Waals surface area (Å²) >= 11 is 0. The Morgan fingerprint density at radius 3 is 2.43 bits per heavy atom. The zero-order chi connectivity index (χ0) is 24.8. The fourth-order valence-electron chi connectivity index (χ4n) is 4.42. The molecule has 3 heterocycles. The van der Waals surface area contributed by atoms with Crippen LogP contribution in [0, 0.1) is 11.8 Å². The van der Waals surface area contributed by atoms with Crippen molar-refractivity contribution in [2.45, 2.75) is 18.3 Å². The van der Waals surface area contributed by atoms with Crippen LogP contribution in [0.2, 0.25) is 0 Å². The van der Waals surface area contributed by atoms with Crippen molar-refractivity contribution in [1.29, 1.82) is 0 Å². The van der Waals surface area contributed by atoms with Crippen molar-refractivity contribution in [2.75, 3.05) is 13.1 Å². The van der Waals surface area contributed by atoms with Crippen LogP contribution in [-0.2, 0) is 5.54 Å². The molecule has 1 atom stereocenters. The van der Waals surface area contributed by atoms with Crippen molar-refractivity contribution in [2.24, 2.45) is 15.7 Å². The molecule has 0 fully saturated rings. The van der Waals surface area contributed by atoms with Crippen molar-refractivity contribution < 1.29 is 26.7 Å². The first-order chi connectivity index (χ1) is 16.7. The van der Waals surface area contributed by atoms with E-state index in [1.54, 1.807) is 4.90 Å². The summed E-state index contributed by atoms with van der Waals surface area (Å²) in [4.78, 5) is 14.6. The fourth-order valence-corrected chi connectivity index (χ4v) is 4.42. The van der Waals surface area contributed by atoms with Crippen LogP contribution in [0.25, 0.3) is 11.1 Å². The number of halogens is 5. The van der Waals surface area contributed by atoms with Crippen LogP contribution < -0.4 is 10.5 Å². The molecule has 0 spiro atoms. The summed E-state index contributed by atoms with van der Waals surface area (Å²) in [6.07, 6.45) is -2.87. The quantitative estimate of drug-likeness (QED) is 0.431. The highest BCUT2D eigenvalue weighted by Gasteiger charge is 2.49. The lowest BCUT2D eigenvalue weighted by Crippen LogP contribution is -2.46. The SMILES string of the molecule is NC1=NC(c2ccc(OC(F)(F)F)cc2)(c2ccc(F)c(-c3cccnc3F)c2)C2=NCCCN12. The molecule has 2 aliphatic rings. The number of ether oxygens (including phenoxy) is 1. The molecule has 1 aromatic heterocycles. The van der Waals surface area contributed by atoms with E-state index in [1.807, 2.05) is 0 Å². The lowest BCUT2D eigenvalue weighted by atomic mass is 9.81. The number of hydrogen-bond donors (Lipinski definition) is 1. The van der Waals surface area contributed by atoms with Crippen LogP contribution in [-0.4, -0.2) is 41.1 Å². The first kappa shape index (κ1) is 22.8. The van der Waals surface area contributed by atoms with E-state index >= 15 is 0 Å². The maximum atomic E-state index is 14.9. The van der Waals surface area contributed by atoms with Gasteiger partial charge in [0.15, 0.2) is 11.5 Å². The van der Waals surface area contributed by atoms with Crippen LogP contribution >= 0.6 is 0 Å². The number of amidine groups is 1. The first-order valence-electron chi connectivity index (χ1n) is 10.6. The second kappa shape index (κ2) is 8.33. The molecule has 180 valence electrons. The van der Waals surface area contributed by atoms with Gasteiger partial charge in [-0.25, -0.2) is 14.4 Å². The molecule has 1 unspecified atom stereocenters. The number of alkyl halides is 3. The number of aromatic nitrogens is 1. The number of benzene rings is 2. The van der Waals surface area contributed by atoms with Gasteiger partial charge in [-0.1, -0.05) is 18.2 Å². The maximum Gasteiger partial charge on any atom is 0.573 e. The second-order valence-electron chi connectivity index (χ2n) is 8.00. The summed E-state index contributed by atoms with van der Waals surface area (Å²) < 4.78 is 71.3. The zero-order valence-corrected chi connectivity index (χ0v) is 18.1. The van der Waals surface area contributed by atoms with Crippen LogP contribution in [0.4, 0.5) is 22.0 Å². The molecule has 0 saturated heterocycles. The van der Waals surface area contributed by atoms with E-state index in [-0.39, 0.29) is 17.1 Å². The number of fused-ring (bicyclic) bond motifs is 1. The van der Waals surface area contributed by atoms with E-state index in [0.29, 0.717) is 30.1 Å². The third kappa shape index (κ3) is 3.96. The molecule has 0 radical (unpaired) electrons. The van der Waals surface area contributed by atoms with Gasteiger partial charge in [0.2, 0.25) is 5.95 Å². The van der Waals surface area contributed by atoms with Crippen LogP contribution in [0.15, 0.2) is 70.8 Å². The summed E-state index contributed by atoms with van der Waals surface area (Å²) in [5.41, 5.74) is 5.59. The molecule has 0 amide bonds. The van der Waals surface area contributed by atoms with Gasteiger partial charge in [-0.05, 0) is 53.9 Å². The normalized spacial score (nSPS) is 19.7. The standard InChI is InChI=1S/C24H18F5N5O/c25-19-9-6-15(13-18(19)17-3-1-10-31-20(17)26)23(21-32-11-2-12-34(21)22(30)33-23)14-4-7-16(8-5-14)35-24(27,28)29/h1,3-10,13H,2,11-12H2,(H2,30,33). The molecular formula is C24H18F5N5O. The zero-order valence-electron chi connectivity index (χ0n) is 18.1. The van der Waals surface area contributed by atoms with Gasteiger partial charge in [-0.15, -0.1) is 13.2 Å². The molecule has 2 aromatic carbocycles. The van der Waals surface area contributed by atoms with Crippen molar-refractivity contribution in [1.82, 2.24) is 9.88 Å². The topological polar surface area (TPSA) is 76.1 Å². The largest absolute Gasteiger partial charge is 0.573 e. The molecule has 2 aliphatic heterocycles. The number of rotatable bonds is 4. The summed E-state index contributed by atoms with van der Waals surface area (Å²) in [6.45, 7) is 1.02.